The first-order valence-corrected chi connectivity index (χ1v) is 6.99. The second kappa shape index (κ2) is 5.53. The first-order valence-electron chi connectivity index (χ1n) is 5.38. The van der Waals surface area contributed by atoms with Gasteiger partial charge in [-0.05, 0) is 34.5 Å². The van der Waals surface area contributed by atoms with E-state index in [1.165, 1.54) is 11.3 Å². The lowest BCUT2D eigenvalue weighted by Crippen LogP contribution is -2.26. The van der Waals surface area contributed by atoms with Crippen molar-refractivity contribution in [1.82, 2.24) is 15.1 Å². The Morgan fingerprint density at radius 2 is 2.44 bits per heavy atom. The minimum absolute atomic E-state index is 0.0612. The molecule has 3 N–H and O–H groups in total. The molecule has 0 aromatic carbocycles. The summed E-state index contributed by atoms with van der Waals surface area (Å²) in [4.78, 5) is 12.5. The van der Waals surface area contributed by atoms with Gasteiger partial charge in [0.25, 0.3) is 5.91 Å². The normalized spacial score (nSPS) is 10.6. The van der Waals surface area contributed by atoms with Crippen molar-refractivity contribution in [3.63, 3.8) is 0 Å². The van der Waals surface area contributed by atoms with E-state index in [9.17, 15) is 4.79 Å². The van der Waals surface area contributed by atoms with Crippen molar-refractivity contribution in [1.29, 1.82) is 0 Å². The number of amides is 1. The number of aryl methyl sites for hydroxylation is 1. The number of rotatable bonds is 4. The SMILES string of the molecule is Cc1cc(C(=O)NCCn2cc(N)cn2)sc1Br. The Labute approximate surface area is 117 Å². The molecule has 0 spiro atoms. The quantitative estimate of drug-likeness (QED) is 0.901. The van der Waals surface area contributed by atoms with Gasteiger partial charge in [-0.3, -0.25) is 9.48 Å². The second-order valence-corrected chi connectivity index (χ2v) is 6.23. The van der Waals surface area contributed by atoms with Gasteiger partial charge in [0.15, 0.2) is 0 Å². The van der Waals surface area contributed by atoms with Gasteiger partial charge in [-0.15, -0.1) is 11.3 Å². The van der Waals surface area contributed by atoms with Crippen LogP contribution in [0.1, 0.15) is 15.2 Å². The van der Waals surface area contributed by atoms with Gasteiger partial charge in [0.1, 0.15) is 0 Å². The van der Waals surface area contributed by atoms with Gasteiger partial charge in [-0.2, -0.15) is 5.10 Å². The number of anilines is 1. The summed E-state index contributed by atoms with van der Waals surface area (Å²) in [7, 11) is 0. The number of nitrogens with zero attached hydrogens (tertiary/aromatic N) is 2. The van der Waals surface area contributed by atoms with E-state index in [4.69, 9.17) is 5.73 Å². The van der Waals surface area contributed by atoms with Gasteiger partial charge in [-0.25, -0.2) is 0 Å². The van der Waals surface area contributed by atoms with Gasteiger partial charge < -0.3 is 11.1 Å². The van der Waals surface area contributed by atoms with Gasteiger partial charge in [-0.1, -0.05) is 0 Å². The van der Waals surface area contributed by atoms with Crippen LogP contribution >= 0.6 is 27.3 Å². The highest BCUT2D eigenvalue weighted by atomic mass is 79.9. The largest absolute Gasteiger partial charge is 0.396 e. The third-order valence-corrected chi connectivity index (χ3v) is 4.50. The fraction of sp³-hybridized carbons (Fsp3) is 0.273. The van der Waals surface area contributed by atoms with Crippen LogP contribution in [0.4, 0.5) is 5.69 Å². The van der Waals surface area contributed by atoms with E-state index in [1.807, 2.05) is 13.0 Å². The van der Waals surface area contributed by atoms with Crippen molar-refractivity contribution >= 4 is 38.9 Å². The van der Waals surface area contributed by atoms with E-state index in [0.717, 1.165) is 9.35 Å². The molecule has 0 fully saturated rings. The molecule has 2 rings (SSSR count). The van der Waals surface area contributed by atoms with Crippen molar-refractivity contribution in [2.75, 3.05) is 12.3 Å². The number of carbonyl (C=O) groups is 1. The summed E-state index contributed by atoms with van der Waals surface area (Å²) in [5.41, 5.74) is 7.24. The maximum Gasteiger partial charge on any atom is 0.261 e. The maximum absolute atomic E-state index is 11.8. The Bertz CT molecular complexity index is 544. The van der Waals surface area contributed by atoms with Crippen LogP contribution in [-0.4, -0.2) is 22.2 Å². The van der Waals surface area contributed by atoms with Crippen LogP contribution in [0.3, 0.4) is 0 Å². The van der Waals surface area contributed by atoms with Gasteiger partial charge in [0, 0.05) is 12.7 Å². The number of nitrogens with one attached hydrogen (secondary N) is 1. The average molecular weight is 329 g/mol. The van der Waals surface area contributed by atoms with Gasteiger partial charge in [0.2, 0.25) is 0 Å². The topological polar surface area (TPSA) is 72.9 Å². The van der Waals surface area contributed by atoms with Crippen LogP contribution < -0.4 is 11.1 Å². The van der Waals surface area contributed by atoms with E-state index in [2.05, 4.69) is 26.3 Å². The predicted octanol–water partition coefficient (Wildman–Crippen LogP) is 2.03. The highest BCUT2D eigenvalue weighted by molar-refractivity contribution is 9.11. The van der Waals surface area contributed by atoms with Crippen LogP contribution in [0, 0.1) is 6.92 Å². The summed E-state index contributed by atoms with van der Waals surface area (Å²) in [6, 6.07) is 1.87. The number of nitrogens with two attached hydrogens (primary N) is 1. The van der Waals surface area contributed by atoms with E-state index in [0.29, 0.717) is 23.7 Å². The van der Waals surface area contributed by atoms with Crippen LogP contribution in [0.25, 0.3) is 0 Å². The number of nitrogen functional groups attached to an aromatic ring is 1. The second-order valence-electron chi connectivity index (χ2n) is 3.86. The Balaban J connectivity index is 1.85. The molecule has 0 aliphatic carbocycles. The zero-order valence-electron chi connectivity index (χ0n) is 9.81. The highest BCUT2D eigenvalue weighted by Crippen LogP contribution is 2.27. The molecule has 18 heavy (non-hydrogen) atoms. The summed E-state index contributed by atoms with van der Waals surface area (Å²) in [5, 5.41) is 6.89. The van der Waals surface area contributed by atoms with Crippen LogP contribution in [0.5, 0.6) is 0 Å². The van der Waals surface area contributed by atoms with E-state index < -0.39 is 0 Å². The average Bonchev–Trinajstić information content (AvgIpc) is 2.87. The molecule has 2 aromatic heterocycles. The predicted molar refractivity (Wildman–Crippen MR) is 75.7 cm³/mol. The molecule has 96 valence electrons. The fourth-order valence-electron chi connectivity index (χ4n) is 1.44. The summed E-state index contributed by atoms with van der Waals surface area (Å²) in [6.07, 6.45) is 3.32. The van der Waals surface area contributed by atoms with Crippen molar-refractivity contribution in [2.24, 2.45) is 0 Å². The molecule has 0 radical (unpaired) electrons. The molecule has 0 unspecified atom stereocenters. The first kappa shape index (κ1) is 13.1. The van der Waals surface area contributed by atoms with Crippen molar-refractivity contribution < 1.29 is 4.79 Å². The summed E-state index contributed by atoms with van der Waals surface area (Å²) in [5.74, 6) is -0.0612. The molecule has 0 bridgehead atoms. The molecule has 7 heteroatoms. The fourth-order valence-corrected chi connectivity index (χ4v) is 2.90. The molecule has 0 saturated carbocycles. The highest BCUT2D eigenvalue weighted by Gasteiger charge is 2.10. The molecular weight excluding hydrogens is 316 g/mol. The number of hydrogen-bond acceptors (Lipinski definition) is 4. The lowest BCUT2D eigenvalue weighted by atomic mass is 10.3. The Kier molecular flexibility index (Phi) is 4.03. The Morgan fingerprint density at radius 3 is 3.00 bits per heavy atom. The molecule has 2 heterocycles. The Morgan fingerprint density at radius 1 is 1.67 bits per heavy atom. The summed E-state index contributed by atoms with van der Waals surface area (Å²) < 4.78 is 2.69. The molecule has 2 aromatic rings. The number of thiophene rings is 1. The van der Waals surface area contributed by atoms with E-state index in [1.54, 1.807) is 17.1 Å². The molecule has 0 saturated heterocycles. The third kappa shape index (κ3) is 3.11. The Hall–Kier alpha value is -1.34. The standard InChI is InChI=1S/C11H13BrN4OS/c1-7-4-9(18-10(7)12)11(17)14-2-3-16-6-8(13)5-15-16/h4-6H,2-3,13H2,1H3,(H,14,17). The van der Waals surface area contributed by atoms with Crippen molar-refractivity contribution in [3.8, 4) is 0 Å². The number of hydrogen-bond donors (Lipinski definition) is 2. The minimum Gasteiger partial charge on any atom is -0.396 e. The number of carbonyl (C=O) groups excluding carboxylic acids is 1. The van der Waals surface area contributed by atoms with Crippen LogP contribution in [-0.2, 0) is 6.54 Å². The smallest absolute Gasteiger partial charge is 0.261 e. The number of halogens is 1. The molecule has 5 nitrogen and oxygen atoms in total. The monoisotopic (exact) mass is 328 g/mol. The minimum atomic E-state index is -0.0612. The van der Waals surface area contributed by atoms with Crippen molar-refractivity contribution in [2.45, 2.75) is 13.5 Å². The molecule has 1 amide bonds. The third-order valence-electron chi connectivity index (χ3n) is 2.36. The summed E-state index contributed by atoms with van der Waals surface area (Å²) >= 11 is 4.84. The molecule has 0 aliphatic rings. The molecule has 0 aliphatic heterocycles. The van der Waals surface area contributed by atoms with Crippen molar-refractivity contribution in [3.05, 3.63) is 32.7 Å². The lowest BCUT2D eigenvalue weighted by molar-refractivity contribution is 0.0956. The zero-order valence-corrected chi connectivity index (χ0v) is 12.2. The lowest BCUT2D eigenvalue weighted by Gasteiger charge is -2.03. The van der Waals surface area contributed by atoms with E-state index >= 15 is 0 Å². The van der Waals surface area contributed by atoms with E-state index in [-0.39, 0.29) is 5.91 Å². The number of aromatic nitrogens is 2. The van der Waals surface area contributed by atoms with Gasteiger partial charge >= 0.3 is 0 Å². The molecular formula is C11H13BrN4OS. The first-order chi connectivity index (χ1) is 8.56. The maximum atomic E-state index is 11.8. The zero-order chi connectivity index (χ0) is 13.1. The van der Waals surface area contributed by atoms with Crippen LogP contribution in [0.15, 0.2) is 22.2 Å². The molecule has 0 atom stereocenters. The van der Waals surface area contributed by atoms with Crippen LogP contribution in [0.2, 0.25) is 0 Å². The van der Waals surface area contributed by atoms with Gasteiger partial charge in [0.05, 0.1) is 27.1 Å². The summed E-state index contributed by atoms with van der Waals surface area (Å²) in [6.45, 7) is 3.09.